The minimum atomic E-state index is -1.40. The van der Waals surface area contributed by atoms with E-state index in [-0.39, 0.29) is 13.0 Å². The van der Waals surface area contributed by atoms with Gasteiger partial charge in [-0.25, -0.2) is 25.2 Å². The third-order valence-corrected chi connectivity index (χ3v) is 2.74. The lowest BCUT2D eigenvalue weighted by molar-refractivity contribution is -0.140. The normalized spacial score (nSPS) is 11.0. The summed E-state index contributed by atoms with van der Waals surface area (Å²) in [7, 11) is 0. The van der Waals surface area contributed by atoms with Crippen LogP contribution < -0.4 is 16.2 Å². The lowest BCUT2D eigenvalue weighted by atomic mass is 10.1. The van der Waals surface area contributed by atoms with Gasteiger partial charge in [0.25, 0.3) is 0 Å². The van der Waals surface area contributed by atoms with Crippen LogP contribution in [-0.4, -0.2) is 40.3 Å². The molecule has 0 bridgehead atoms. The number of ether oxygens (including phenoxy) is 1. The van der Waals surface area contributed by atoms with Crippen LogP contribution >= 0.6 is 0 Å². The fourth-order valence-corrected chi connectivity index (χ4v) is 1.59. The molecule has 24 heavy (non-hydrogen) atoms. The third kappa shape index (κ3) is 7.64. The second-order valence-corrected chi connectivity index (χ2v) is 4.61. The van der Waals surface area contributed by atoms with E-state index in [1.807, 2.05) is 16.2 Å². The molecule has 0 aliphatic rings. The molecule has 1 aromatic rings. The summed E-state index contributed by atoms with van der Waals surface area (Å²) in [6.07, 6.45) is -1.66. The van der Waals surface area contributed by atoms with Crippen molar-refractivity contribution in [2.75, 3.05) is 0 Å². The average Bonchev–Trinajstić information content (AvgIpc) is 2.55. The van der Waals surface area contributed by atoms with Gasteiger partial charge in [0.05, 0.1) is 0 Å². The zero-order valence-corrected chi connectivity index (χ0v) is 12.5. The fraction of sp³-hybridized carbons (Fsp3) is 0.286. The molecule has 1 aromatic carbocycles. The number of carbonyl (C=O) groups is 4. The number of urea groups is 1. The number of nitrogens with one attached hydrogen (secondary N) is 3. The molecule has 0 aromatic heterocycles. The molecule has 0 spiro atoms. The van der Waals surface area contributed by atoms with Crippen molar-refractivity contribution in [1.29, 1.82) is 0 Å². The van der Waals surface area contributed by atoms with Gasteiger partial charge in [-0.1, -0.05) is 30.3 Å². The number of benzene rings is 1. The molecular weight excluding hydrogens is 322 g/mol. The molecule has 3 amide bonds. The highest BCUT2D eigenvalue weighted by Gasteiger charge is 2.21. The summed E-state index contributed by atoms with van der Waals surface area (Å²) in [5.41, 5.74) is 4.58. The summed E-state index contributed by atoms with van der Waals surface area (Å²) < 4.78 is 4.82. The molecule has 0 fully saturated rings. The number of carbonyl (C=O) groups excluding carboxylic acids is 2. The minimum Gasteiger partial charge on any atom is -0.481 e. The van der Waals surface area contributed by atoms with Crippen LogP contribution in [0.15, 0.2) is 30.3 Å². The number of aliphatic carboxylic acids is 2. The standard InChI is InChI=1S/C14H17N3O7/c18-11(19)7-6-10(12(20)21)15-13(22)16-17-14(23)24-8-9-4-2-1-3-5-9/h1-5,10H,6-8H2,(H,17,23)(H,18,19)(H,20,21)(H2,15,16,22). The van der Waals surface area contributed by atoms with Crippen molar-refractivity contribution < 1.29 is 34.1 Å². The Labute approximate surface area is 136 Å². The number of hydrazine groups is 1. The molecule has 0 heterocycles. The van der Waals surface area contributed by atoms with E-state index in [0.29, 0.717) is 0 Å². The highest BCUT2D eigenvalue weighted by molar-refractivity contribution is 5.84. The van der Waals surface area contributed by atoms with Crippen LogP contribution in [0.4, 0.5) is 9.59 Å². The second-order valence-electron chi connectivity index (χ2n) is 4.61. The maximum Gasteiger partial charge on any atom is 0.426 e. The van der Waals surface area contributed by atoms with E-state index in [0.717, 1.165) is 5.56 Å². The van der Waals surface area contributed by atoms with Gasteiger partial charge in [0, 0.05) is 6.42 Å². The van der Waals surface area contributed by atoms with Crippen molar-refractivity contribution in [1.82, 2.24) is 16.2 Å². The summed E-state index contributed by atoms with van der Waals surface area (Å²) in [6.45, 7) is -0.00760. The SMILES string of the molecule is O=C(O)CCC(NC(=O)NNC(=O)OCc1ccccc1)C(=O)O. The predicted octanol–water partition coefficient (Wildman–Crippen LogP) is 0.445. The molecule has 130 valence electrons. The lowest BCUT2D eigenvalue weighted by Gasteiger charge is -2.14. The number of hydrogen-bond donors (Lipinski definition) is 5. The van der Waals surface area contributed by atoms with Gasteiger partial charge in [-0.15, -0.1) is 0 Å². The molecular formula is C14H17N3O7. The van der Waals surface area contributed by atoms with E-state index in [9.17, 15) is 19.2 Å². The lowest BCUT2D eigenvalue weighted by Crippen LogP contribution is -2.52. The maximum absolute atomic E-state index is 11.5. The van der Waals surface area contributed by atoms with Crippen LogP contribution in [0.1, 0.15) is 18.4 Å². The quantitative estimate of drug-likeness (QED) is 0.452. The number of amides is 3. The van der Waals surface area contributed by atoms with E-state index in [4.69, 9.17) is 14.9 Å². The van der Waals surface area contributed by atoms with E-state index in [1.165, 1.54) is 0 Å². The van der Waals surface area contributed by atoms with Gasteiger partial charge in [0.2, 0.25) is 0 Å². The van der Waals surface area contributed by atoms with Gasteiger partial charge in [-0.2, -0.15) is 0 Å². The van der Waals surface area contributed by atoms with E-state index in [2.05, 4.69) is 0 Å². The second kappa shape index (κ2) is 9.66. The summed E-state index contributed by atoms with van der Waals surface area (Å²) in [5.74, 6) is -2.58. The van der Waals surface area contributed by atoms with Crippen molar-refractivity contribution in [2.45, 2.75) is 25.5 Å². The topological polar surface area (TPSA) is 154 Å². The molecule has 5 N–H and O–H groups in total. The van der Waals surface area contributed by atoms with Crippen LogP contribution in [-0.2, 0) is 20.9 Å². The Hall–Kier alpha value is -3.30. The van der Waals surface area contributed by atoms with Crippen LogP contribution in [0.25, 0.3) is 0 Å². The molecule has 1 unspecified atom stereocenters. The minimum absolute atomic E-state index is 0.00760. The molecule has 10 heteroatoms. The van der Waals surface area contributed by atoms with Gasteiger partial charge in [0.1, 0.15) is 12.6 Å². The zero-order chi connectivity index (χ0) is 17.9. The largest absolute Gasteiger partial charge is 0.481 e. The van der Waals surface area contributed by atoms with Gasteiger partial charge >= 0.3 is 24.1 Å². The molecule has 0 aliphatic heterocycles. The maximum atomic E-state index is 11.5. The van der Waals surface area contributed by atoms with Crippen molar-refractivity contribution in [3.05, 3.63) is 35.9 Å². The van der Waals surface area contributed by atoms with E-state index >= 15 is 0 Å². The Kier molecular flexibility index (Phi) is 7.55. The third-order valence-electron chi connectivity index (χ3n) is 2.74. The Morgan fingerprint density at radius 2 is 1.71 bits per heavy atom. The Bertz CT molecular complexity index is 591. The monoisotopic (exact) mass is 339 g/mol. The number of carboxylic acids is 2. The molecule has 0 saturated carbocycles. The van der Waals surface area contributed by atoms with Crippen LogP contribution in [0.5, 0.6) is 0 Å². The van der Waals surface area contributed by atoms with Gasteiger partial charge in [0.15, 0.2) is 0 Å². The summed E-state index contributed by atoms with van der Waals surface area (Å²) in [6, 6.07) is 6.42. The van der Waals surface area contributed by atoms with Gasteiger partial charge in [-0.05, 0) is 12.0 Å². The fourth-order valence-electron chi connectivity index (χ4n) is 1.59. The zero-order valence-electron chi connectivity index (χ0n) is 12.5. The molecule has 0 aliphatic carbocycles. The highest BCUT2D eigenvalue weighted by Crippen LogP contribution is 2.00. The highest BCUT2D eigenvalue weighted by atomic mass is 16.6. The first-order valence-corrected chi connectivity index (χ1v) is 6.86. The molecule has 1 rings (SSSR count). The Morgan fingerprint density at radius 1 is 1.04 bits per heavy atom. The van der Waals surface area contributed by atoms with Crippen molar-refractivity contribution in [3.63, 3.8) is 0 Å². The smallest absolute Gasteiger partial charge is 0.426 e. The number of carboxylic acid groups (broad SMARTS) is 2. The molecule has 0 radical (unpaired) electrons. The summed E-state index contributed by atoms with van der Waals surface area (Å²) >= 11 is 0. The van der Waals surface area contributed by atoms with Gasteiger partial charge < -0.3 is 20.3 Å². The first-order chi connectivity index (χ1) is 11.4. The van der Waals surface area contributed by atoms with Crippen LogP contribution in [0.3, 0.4) is 0 Å². The van der Waals surface area contributed by atoms with Gasteiger partial charge in [-0.3, -0.25) is 4.79 Å². The Balaban J connectivity index is 2.31. The van der Waals surface area contributed by atoms with E-state index < -0.39 is 36.5 Å². The first-order valence-electron chi connectivity index (χ1n) is 6.86. The number of hydrogen-bond acceptors (Lipinski definition) is 5. The predicted molar refractivity (Wildman–Crippen MR) is 79.7 cm³/mol. The summed E-state index contributed by atoms with van der Waals surface area (Å²) in [5, 5.41) is 19.4. The molecule has 0 saturated heterocycles. The van der Waals surface area contributed by atoms with Crippen molar-refractivity contribution in [2.24, 2.45) is 0 Å². The van der Waals surface area contributed by atoms with Crippen molar-refractivity contribution in [3.8, 4) is 0 Å². The average molecular weight is 339 g/mol. The Morgan fingerprint density at radius 3 is 2.29 bits per heavy atom. The number of rotatable bonds is 7. The van der Waals surface area contributed by atoms with Crippen LogP contribution in [0.2, 0.25) is 0 Å². The van der Waals surface area contributed by atoms with Crippen molar-refractivity contribution >= 4 is 24.1 Å². The summed E-state index contributed by atoms with van der Waals surface area (Å²) in [4.78, 5) is 44.2. The van der Waals surface area contributed by atoms with Crippen LogP contribution in [0, 0.1) is 0 Å². The molecule has 10 nitrogen and oxygen atoms in total. The molecule has 1 atom stereocenters. The first kappa shape index (κ1) is 18.7. The van der Waals surface area contributed by atoms with E-state index in [1.54, 1.807) is 30.3 Å².